The van der Waals surface area contributed by atoms with Gasteiger partial charge in [0, 0.05) is 12.6 Å². The molecule has 2 unspecified atom stereocenters. The van der Waals surface area contributed by atoms with Crippen LogP contribution in [-0.4, -0.2) is 24.3 Å². The molecule has 0 saturated carbocycles. The number of rotatable bonds is 3. The van der Waals surface area contributed by atoms with E-state index in [0.717, 1.165) is 6.54 Å². The van der Waals surface area contributed by atoms with Crippen molar-refractivity contribution >= 4 is 0 Å². The first-order chi connectivity index (χ1) is 9.12. The van der Waals surface area contributed by atoms with E-state index in [0.29, 0.717) is 12.1 Å². The predicted octanol–water partition coefficient (Wildman–Crippen LogP) is 3.09. The van der Waals surface area contributed by atoms with Gasteiger partial charge in [0.2, 0.25) is 0 Å². The zero-order chi connectivity index (χ0) is 13.3. The molecule has 0 radical (unpaired) electrons. The predicted molar refractivity (Wildman–Crippen MR) is 78.4 cm³/mol. The third-order valence-corrected chi connectivity index (χ3v) is 4.54. The van der Waals surface area contributed by atoms with E-state index in [4.69, 9.17) is 4.74 Å². The molecule has 1 aliphatic heterocycles. The molecule has 0 bridgehead atoms. The summed E-state index contributed by atoms with van der Waals surface area (Å²) in [5.41, 5.74) is 3.16. The summed E-state index contributed by atoms with van der Waals surface area (Å²) in [6.07, 6.45) is 6.44. The molecular weight excluding hydrogens is 234 g/mol. The number of aryl methyl sites for hydroxylation is 1. The minimum atomic E-state index is 0.0888. The van der Waals surface area contributed by atoms with Gasteiger partial charge >= 0.3 is 0 Å². The average Bonchev–Trinajstić information content (AvgIpc) is 2.76. The molecule has 2 heteroatoms. The summed E-state index contributed by atoms with van der Waals surface area (Å²) in [5, 5.41) is 3.72. The Balaban J connectivity index is 1.50. The fourth-order valence-corrected chi connectivity index (χ4v) is 3.39. The van der Waals surface area contributed by atoms with Crippen LogP contribution in [0.15, 0.2) is 24.3 Å². The van der Waals surface area contributed by atoms with E-state index in [1.807, 2.05) is 0 Å². The quantitative estimate of drug-likeness (QED) is 0.900. The highest BCUT2D eigenvalue weighted by Gasteiger charge is 2.31. The van der Waals surface area contributed by atoms with E-state index >= 15 is 0 Å². The molecule has 2 aliphatic rings. The molecule has 0 aromatic heterocycles. The molecule has 19 heavy (non-hydrogen) atoms. The van der Waals surface area contributed by atoms with Crippen LogP contribution in [0.5, 0.6) is 0 Å². The lowest BCUT2D eigenvalue weighted by Crippen LogP contribution is -2.39. The van der Waals surface area contributed by atoms with Crippen molar-refractivity contribution in [3.05, 3.63) is 35.4 Å². The topological polar surface area (TPSA) is 21.3 Å². The van der Waals surface area contributed by atoms with Crippen molar-refractivity contribution in [1.82, 2.24) is 5.32 Å². The Morgan fingerprint density at radius 1 is 1.21 bits per heavy atom. The minimum absolute atomic E-state index is 0.0888. The maximum Gasteiger partial charge on any atom is 0.0707 e. The average molecular weight is 259 g/mol. The van der Waals surface area contributed by atoms with Crippen molar-refractivity contribution in [3.63, 3.8) is 0 Å². The van der Waals surface area contributed by atoms with Crippen molar-refractivity contribution in [3.8, 4) is 0 Å². The van der Waals surface area contributed by atoms with Crippen LogP contribution in [0.25, 0.3) is 0 Å². The number of ether oxygens (including phenoxy) is 1. The molecule has 3 rings (SSSR count). The number of benzene rings is 1. The van der Waals surface area contributed by atoms with Crippen molar-refractivity contribution in [2.75, 3.05) is 6.54 Å². The minimum Gasteiger partial charge on any atom is -0.371 e. The van der Waals surface area contributed by atoms with Gasteiger partial charge in [-0.1, -0.05) is 24.3 Å². The van der Waals surface area contributed by atoms with Gasteiger partial charge in [-0.05, 0) is 57.1 Å². The third-order valence-electron chi connectivity index (χ3n) is 4.54. The lowest BCUT2D eigenvalue weighted by atomic mass is 9.88. The molecular formula is C17H25NO. The van der Waals surface area contributed by atoms with Crippen LogP contribution < -0.4 is 5.32 Å². The lowest BCUT2D eigenvalue weighted by molar-refractivity contribution is -0.0152. The highest BCUT2D eigenvalue weighted by Crippen LogP contribution is 2.29. The standard InChI is InChI=1S/C17H25NO/c1-17(2)10-9-16(19-17)12-18-15-8-7-13-5-3-4-6-14(13)11-15/h3-6,15-16,18H,7-12H2,1-2H3. The molecule has 0 spiro atoms. The Morgan fingerprint density at radius 3 is 2.74 bits per heavy atom. The fraction of sp³-hybridized carbons (Fsp3) is 0.647. The van der Waals surface area contributed by atoms with Crippen molar-refractivity contribution in [2.45, 2.75) is 63.7 Å². The summed E-state index contributed by atoms with van der Waals surface area (Å²) in [6.45, 7) is 5.41. The van der Waals surface area contributed by atoms with E-state index < -0.39 is 0 Å². The van der Waals surface area contributed by atoms with Crippen LogP contribution in [-0.2, 0) is 17.6 Å². The molecule has 1 aromatic rings. The zero-order valence-corrected chi connectivity index (χ0v) is 12.1. The molecule has 1 fully saturated rings. The molecule has 104 valence electrons. The molecule has 1 aromatic carbocycles. The van der Waals surface area contributed by atoms with Crippen molar-refractivity contribution in [2.24, 2.45) is 0 Å². The monoisotopic (exact) mass is 259 g/mol. The fourth-order valence-electron chi connectivity index (χ4n) is 3.39. The highest BCUT2D eigenvalue weighted by atomic mass is 16.5. The third kappa shape index (κ3) is 3.18. The Labute approximate surface area is 116 Å². The maximum absolute atomic E-state index is 6.05. The zero-order valence-electron chi connectivity index (χ0n) is 12.1. The molecule has 1 heterocycles. The SMILES string of the molecule is CC1(C)CCC(CNC2CCc3ccccc3C2)O1. The van der Waals surface area contributed by atoms with Gasteiger partial charge < -0.3 is 10.1 Å². The molecule has 0 amide bonds. The van der Waals surface area contributed by atoms with Gasteiger partial charge in [0.15, 0.2) is 0 Å². The van der Waals surface area contributed by atoms with Crippen LogP contribution >= 0.6 is 0 Å². The largest absolute Gasteiger partial charge is 0.371 e. The summed E-state index contributed by atoms with van der Waals surface area (Å²) < 4.78 is 6.05. The van der Waals surface area contributed by atoms with Crippen molar-refractivity contribution < 1.29 is 4.74 Å². The first kappa shape index (κ1) is 13.1. The smallest absolute Gasteiger partial charge is 0.0707 e. The molecule has 2 atom stereocenters. The lowest BCUT2D eigenvalue weighted by Gasteiger charge is -2.27. The van der Waals surface area contributed by atoms with Crippen LogP contribution in [0, 0.1) is 0 Å². The van der Waals surface area contributed by atoms with Crippen LogP contribution in [0.4, 0.5) is 0 Å². The first-order valence-corrected chi connectivity index (χ1v) is 7.60. The van der Waals surface area contributed by atoms with Crippen LogP contribution in [0.3, 0.4) is 0 Å². The second kappa shape index (κ2) is 5.26. The Morgan fingerprint density at radius 2 is 2.00 bits per heavy atom. The molecule has 1 N–H and O–H groups in total. The van der Waals surface area contributed by atoms with Gasteiger partial charge in [-0.3, -0.25) is 0 Å². The van der Waals surface area contributed by atoms with Gasteiger partial charge in [0.1, 0.15) is 0 Å². The van der Waals surface area contributed by atoms with Crippen LogP contribution in [0.2, 0.25) is 0 Å². The maximum atomic E-state index is 6.05. The summed E-state index contributed by atoms with van der Waals surface area (Å²) in [7, 11) is 0. The Kier molecular flexibility index (Phi) is 3.64. The summed E-state index contributed by atoms with van der Waals surface area (Å²) in [4.78, 5) is 0. The molecule has 1 aliphatic carbocycles. The van der Waals surface area contributed by atoms with E-state index in [2.05, 4.69) is 43.4 Å². The molecule has 1 saturated heterocycles. The number of hydrogen-bond acceptors (Lipinski definition) is 2. The highest BCUT2D eigenvalue weighted by molar-refractivity contribution is 5.30. The van der Waals surface area contributed by atoms with Crippen molar-refractivity contribution in [1.29, 1.82) is 0 Å². The second-order valence-electron chi connectivity index (χ2n) is 6.65. The van der Waals surface area contributed by atoms with Gasteiger partial charge in [-0.2, -0.15) is 0 Å². The summed E-state index contributed by atoms with van der Waals surface area (Å²) >= 11 is 0. The van der Waals surface area contributed by atoms with E-state index in [1.165, 1.54) is 37.7 Å². The van der Waals surface area contributed by atoms with Gasteiger partial charge in [-0.15, -0.1) is 0 Å². The van der Waals surface area contributed by atoms with E-state index in [-0.39, 0.29) is 5.60 Å². The Hall–Kier alpha value is -0.860. The normalized spacial score (nSPS) is 29.2. The summed E-state index contributed by atoms with van der Waals surface area (Å²) in [6, 6.07) is 9.49. The number of nitrogens with one attached hydrogen (secondary N) is 1. The van der Waals surface area contributed by atoms with Gasteiger partial charge in [0.25, 0.3) is 0 Å². The number of hydrogen-bond donors (Lipinski definition) is 1. The second-order valence-corrected chi connectivity index (χ2v) is 6.65. The first-order valence-electron chi connectivity index (χ1n) is 7.60. The number of fused-ring (bicyclic) bond motifs is 1. The summed E-state index contributed by atoms with van der Waals surface area (Å²) in [5.74, 6) is 0. The van der Waals surface area contributed by atoms with Crippen LogP contribution in [0.1, 0.15) is 44.2 Å². The van der Waals surface area contributed by atoms with E-state index in [9.17, 15) is 0 Å². The van der Waals surface area contributed by atoms with Gasteiger partial charge in [-0.25, -0.2) is 0 Å². The van der Waals surface area contributed by atoms with E-state index in [1.54, 1.807) is 5.56 Å². The molecule has 2 nitrogen and oxygen atoms in total. The van der Waals surface area contributed by atoms with Gasteiger partial charge in [0.05, 0.1) is 11.7 Å². The Bertz CT molecular complexity index is 441.